The fourth-order valence-corrected chi connectivity index (χ4v) is 5.30. The number of ether oxygens (including phenoxy) is 2. The van der Waals surface area contributed by atoms with Crippen LogP contribution in [0.4, 0.5) is 4.39 Å². The van der Waals surface area contributed by atoms with Crippen molar-refractivity contribution in [2.24, 2.45) is 5.92 Å². The van der Waals surface area contributed by atoms with Crippen molar-refractivity contribution in [3.05, 3.63) is 53.7 Å². The maximum Gasteiger partial charge on any atom is 0.185 e. The van der Waals surface area contributed by atoms with Gasteiger partial charge < -0.3 is 9.47 Å². The van der Waals surface area contributed by atoms with Crippen molar-refractivity contribution >= 4 is 0 Å². The summed E-state index contributed by atoms with van der Waals surface area (Å²) in [5.74, 6) is 0.399. The van der Waals surface area contributed by atoms with Gasteiger partial charge in [-0.25, -0.2) is 4.39 Å². The lowest BCUT2D eigenvalue weighted by atomic mass is 9.84. The summed E-state index contributed by atoms with van der Waals surface area (Å²) in [7, 11) is 0. The second-order valence-electron chi connectivity index (χ2n) is 10.5. The third-order valence-electron chi connectivity index (χ3n) is 7.57. The molecule has 3 rings (SSSR count). The lowest BCUT2D eigenvalue weighted by molar-refractivity contribution is -0.206. The highest BCUT2D eigenvalue weighted by Gasteiger charge is 2.26. The summed E-state index contributed by atoms with van der Waals surface area (Å²) in [4.78, 5) is 4.77. The summed E-state index contributed by atoms with van der Waals surface area (Å²) in [6, 6.07) is 12.3. The van der Waals surface area contributed by atoms with Gasteiger partial charge in [-0.15, -0.1) is 0 Å². The second-order valence-corrected chi connectivity index (χ2v) is 10.5. The standard InChI is InChI=1S/C32H48FNO2/c1-4-7-9-10-11-13-16-25-23-35-32(36-24-25)26-20-21-31(34-22-26)29-19-15-14-17-27(29)28(30(33)6-3)18-12-8-5-2/h14-15,17,19-22,25,28,30,32H,4-13,16,18,23-24H2,1-3H3. The monoisotopic (exact) mass is 497 g/mol. The quantitative estimate of drug-likeness (QED) is 0.216. The molecule has 2 atom stereocenters. The average Bonchev–Trinajstić information content (AvgIpc) is 2.93. The molecule has 0 radical (unpaired) electrons. The molecule has 36 heavy (non-hydrogen) atoms. The topological polar surface area (TPSA) is 31.4 Å². The van der Waals surface area contributed by atoms with Crippen molar-refractivity contribution in [2.45, 2.75) is 116 Å². The average molecular weight is 498 g/mol. The van der Waals surface area contributed by atoms with Gasteiger partial charge in [0.25, 0.3) is 0 Å². The van der Waals surface area contributed by atoms with Crippen molar-refractivity contribution in [3.8, 4) is 11.3 Å². The van der Waals surface area contributed by atoms with Gasteiger partial charge in [0.2, 0.25) is 0 Å². The predicted molar refractivity (Wildman–Crippen MR) is 148 cm³/mol. The highest BCUT2D eigenvalue weighted by molar-refractivity contribution is 5.64. The van der Waals surface area contributed by atoms with Crippen LogP contribution in [0.2, 0.25) is 0 Å². The first-order valence-electron chi connectivity index (χ1n) is 14.6. The summed E-state index contributed by atoms with van der Waals surface area (Å²) in [5.41, 5.74) is 3.94. The number of pyridine rings is 1. The van der Waals surface area contributed by atoms with Gasteiger partial charge in [0.15, 0.2) is 6.29 Å². The fraction of sp³-hybridized carbons (Fsp3) is 0.656. The van der Waals surface area contributed by atoms with Gasteiger partial charge >= 0.3 is 0 Å². The molecular weight excluding hydrogens is 449 g/mol. The summed E-state index contributed by atoms with van der Waals surface area (Å²) in [6.45, 7) is 7.89. The number of unbranched alkanes of at least 4 members (excludes halogenated alkanes) is 7. The zero-order valence-corrected chi connectivity index (χ0v) is 22.9. The molecule has 3 nitrogen and oxygen atoms in total. The molecule has 1 fully saturated rings. The molecule has 1 aromatic carbocycles. The van der Waals surface area contributed by atoms with Crippen LogP contribution in [-0.2, 0) is 9.47 Å². The minimum absolute atomic E-state index is 0.0900. The lowest BCUT2D eigenvalue weighted by Gasteiger charge is -2.29. The summed E-state index contributed by atoms with van der Waals surface area (Å²) >= 11 is 0. The van der Waals surface area contributed by atoms with Crippen LogP contribution in [0, 0.1) is 5.92 Å². The van der Waals surface area contributed by atoms with Crippen LogP contribution in [0.5, 0.6) is 0 Å². The van der Waals surface area contributed by atoms with Crippen LogP contribution >= 0.6 is 0 Å². The van der Waals surface area contributed by atoms with Crippen molar-refractivity contribution in [1.82, 2.24) is 4.98 Å². The molecule has 1 aliphatic rings. The minimum Gasteiger partial charge on any atom is -0.348 e. The van der Waals surface area contributed by atoms with Gasteiger partial charge in [-0.05, 0) is 30.9 Å². The van der Waals surface area contributed by atoms with Gasteiger partial charge in [-0.3, -0.25) is 4.98 Å². The molecule has 2 aromatic rings. The minimum atomic E-state index is -0.837. The van der Waals surface area contributed by atoms with Gasteiger partial charge in [-0.1, -0.05) is 109 Å². The SMILES string of the molecule is CCCCCCCCC1COC(c2ccc(-c3ccccc3C(CCCCC)C(F)CC)nc2)OC1. The summed E-state index contributed by atoms with van der Waals surface area (Å²) in [6.07, 6.45) is 14.5. The van der Waals surface area contributed by atoms with E-state index in [-0.39, 0.29) is 12.2 Å². The van der Waals surface area contributed by atoms with E-state index in [1.165, 1.54) is 44.9 Å². The highest BCUT2D eigenvalue weighted by atomic mass is 19.1. The molecule has 0 spiro atoms. The number of benzene rings is 1. The molecule has 2 heterocycles. The van der Waals surface area contributed by atoms with Gasteiger partial charge in [0.05, 0.1) is 18.9 Å². The molecule has 0 N–H and O–H groups in total. The zero-order valence-electron chi connectivity index (χ0n) is 22.9. The Hall–Kier alpha value is -1.78. The van der Waals surface area contributed by atoms with E-state index in [9.17, 15) is 0 Å². The predicted octanol–water partition coefficient (Wildman–Crippen LogP) is 9.57. The van der Waals surface area contributed by atoms with E-state index < -0.39 is 6.17 Å². The number of hydrogen-bond donors (Lipinski definition) is 0. The van der Waals surface area contributed by atoms with E-state index in [0.29, 0.717) is 12.3 Å². The third kappa shape index (κ3) is 8.66. The van der Waals surface area contributed by atoms with E-state index in [4.69, 9.17) is 14.5 Å². The first kappa shape index (κ1) is 28.8. The largest absolute Gasteiger partial charge is 0.348 e. The molecule has 0 saturated carbocycles. The maximum absolute atomic E-state index is 15.0. The Morgan fingerprint density at radius 3 is 2.25 bits per heavy atom. The highest BCUT2D eigenvalue weighted by Crippen LogP contribution is 2.36. The third-order valence-corrected chi connectivity index (χ3v) is 7.57. The molecule has 2 unspecified atom stereocenters. The number of nitrogens with zero attached hydrogens (tertiary/aromatic N) is 1. The van der Waals surface area contributed by atoms with Crippen molar-refractivity contribution < 1.29 is 13.9 Å². The number of alkyl halides is 1. The fourth-order valence-electron chi connectivity index (χ4n) is 5.30. The Balaban J connectivity index is 1.58. The van der Waals surface area contributed by atoms with E-state index in [1.54, 1.807) is 0 Å². The first-order valence-corrected chi connectivity index (χ1v) is 14.6. The molecule has 1 saturated heterocycles. The Morgan fingerprint density at radius 2 is 1.56 bits per heavy atom. The van der Waals surface area contributed by atoms with Crippen molar-refractivity contribution in [2.75, 3.05) is 13.2 Å². The van der Waals surface area contributed by atoms with Crippen LogP contribution < -0.4 is 0 Å². The smallest absolute Gasteiger partial charge is 0.185 e. The first-order chi connectivity index (χ1) is 17.7. The Labute approximate surface area is 219 Å². The molecule has 0 bridgehead atoms. The normalized spacial score (nSPS) is 19.8. The van der Waals surface area contributed by atoms with Gasteiger partial charge in [-0.2, -0.15) is 0 Å². The van der Waals surface area contributed by atoms with Crippen molar-refractivity contribution in [3.63, 3.8) is 0 Å². The number of halogens is 1. The van der Waals surface area contributed by atoms with E-state index >= 15 is 4.39 Å². The Bertz CT molecular complexity index is 847. The van der Waals surface area contributed by atoms with Crippen LogP contribution in [0.3, 0.4) is 0 Å². The molecular formula is C32H48FNO2. The summed E-state index contributed by atoms with van der Waals surface area (Å²) in [5, 5.41) is 0. The van der Waals surface area contributed by atoms with Crippen molar-refractivity contribution in [1.29, 1.82) is 0 Å². The number of hydrogen-bond acceptors (Lipinski definition) is 3. The number of aromatic nitrogens is 1. The van der Waals surface area contributed by atoms with Crippen LogP contribution in [0.1, 0.15) is 121 Å². The molecule has 200 valence electrons. The van der Waals surface area contributed by atoms with E-state index in [0.717, 1.165) is 61.3 Å². The van der Waals surface area contributed by atoms with Crippen LogP contribution in [0.15, 0.2) is 42.6 Å². The zero-order chi connectivity index (χ0) is 25.6. The summed E-state index contributed by atoms with van der Waals surface area (Å²) < 4.78 is 27.2. The molecule has 1 aromatic heterocycles. The van der Waals surface area contributed by atoms with Gasteiger partial charge in [0.1, 0.15) is 6.17 Å². The maximum atomic E-state index is 15.0. The molecule has 4 heteroatoms. The Morgan fingerprint density at radius 1 is 0.861 bits per heavy atom. The van der Waals surface area contributed by atoms with Gasteiger partial charge in [0, 0.05) is 29.2 Å². The molecule has 0 aliphatic carbocycles. The second kappa shape index (κ2) is 16.1. The number of rotatable bonds is 16. The molecule has 1 aliphatic heterocycles. The van der Waals surface area contributed by atoms with Crippen LogP contribution in [-0.4, -0.2) is 24.4 Å². The molecule has 0 amide bonds. The van der Waals surface area contributed by atoms with E-state index in [1.807, 2.05) is 31.3 Å². The van der Waals surface area contributed by atoms with Crippen LogP contribution in [0.25, 0.3) is 11.3 Å². The lowest BCUT2D eigenvalue weighted by Crippen LogP contribution is -2.27. The van der Waals surface area contributed by atoms with E-state index in [2.05, 4.69) is 32.0 Å². The Kier molecular flexibility index (Phi) is 12.9.